The number of hydrogen-bond acceptors (Lipinski definition) is 3. The highest BCUT2D eigenvalue weighted by Crippen LogP contribution is 2.53. The van der Waals surface area contributed by atoms with Crippen molar-refractivity contribution in [3.8, 4) is 5.75 Å². The van der Waals surface area contributed by atoms with Crippen LogP contribution in [0.2, 0.25) is 10.0 Å². The molecule has 1 aliphatic heterocycles. The van der Waals surface area contributed by atoms with Gasteiger partial charge in [0.25, 0.3) is 0 Å². The molecular weight excluding hydrogens is 490 g/mol. The number of aliphatic carboxylic acids is 1. The third kappa shape index (κ3) is 5.69. The molecule has 4 rings (SSSR count). The highest BCUT2D eigenvalue weighted by Gasteiger charge is 2.42. The summed E-state index contributed by atoms with van der Waals surface area (Å²) in [5, 5.41) is 9.77. The average molecular weight is 515 g/mol. The van der Waals surface area contributed by atoms with Crippen molar-refractivity contribution < 1.29 is 23.8 Å². The number of carbonyl (C=O) groups is 1. The largest absolute Gasteiger partial charge is 0.480 e. The Morgan fingerprint density at radius 2 is 1.77 bits per heavy atom. The van der Waals surface area contributed by atoms with E-state index in [0.717, 1.165) is 22.8 Å². The predicted octanol–water partition coefficient (Wildman–Crippen LogP) is 7.77. The van der Waals surface area contributed by atoms with Gasteiger partial charge in [0.05, 0.1) is 17.2 Å². The average Bonchev–Trinajstić information content (AvgIpc) is 2.83. The monoisotopic (exact) mass is 514 g/mol. The number of hydrogen-bond donors (Lipinski definition) is 1. The van der Waals surface area contributed by atoms with Gasteiger partial charge in [0.15, 0.2) is 6.61 Å². The van der Waals surface area contributed by atoms with Crippen molar-refractivity contribution in [1.29, 1.82) is 0 Å². The molecule has 0 amide bonds. The van der Waals surface area contributed by atoms with Crippen LogP contribution in [0.1, 0.15) is 48.2 Å². The van der Waals surface area contributed by atoms with E-state index in [1.807, 2.05) is 61.5 Å². The van der Waals surface area contributed by atoms with Crippen molar-refractivity contribution in [2.24, 2.45) is 5.92 Å². The molecule has 3 aromatic carbocycles. The summed E-state index contributed by atoms with van der Waals surface area (Å²) in [6.07, 6.45) is -0.362. The Bertz CT molecular complexity index is 1210. The van der Waals surface area contributed by atoms with E-state index in [9.17, 15) is 9.18 Å². The minimum atomic E-state index is -1.16. The molecule has 182 valence electrons. The van der Waals surface area contributed by atoms with E-state index in [4.69, 9.17) is 37.8 Å². The van der Waals surface area contributed by atoms with Gasteiger partial charge >= 0.3 is 5.97 Å². The van der Waals surface area contributed by atoms with Crippen LogP contribution in [0.5, 0.6) is 5.75 Å². The molecule has 1 aliphatic rings. The fourth-order valence-corrected chi connectivity index (χ4v) is 5.06. The van der Waals surface area contributed by atoms with Crippen molar-refractivity contribution in [1.82, 2.24) is 0 Å². The summed E-state index contributed by atoms with van der Waals surface area (Å²) in [5.74, 6) is -1.86. The number of carboxylic acids is 1. The molecule has 3 aromatic rings. The van der Waals surface area contributed by atoms with Gasteiger partial charge < -0.3 is 14.6 Å². The lowest BCUT2D eigenvalue weighted by Crippen LogP contribution is -2.32. The SMILES string of the molecule is C=C(C)[C@H]1C[C@H](c2ccc(Cl)cc2)[C@H](c2ccccc2)O[C@@H]1c1cc(F)cc(Cl)c1OCC(=O)O. The Morgan fingerprint density at radius 1 is 1.09 bits per heavy atom. The van der Waals surface area contributed by atoms with Crippen molar-refractivity contribution in [3.05, 3.63) is 111 Å². The van der Waals surface area contributed by atoms with Gasteiger partial charge in [0.1, 0.15) is 11.6 Å². The number of halogens is 3. The first kappa shape index (κ1) is 25.2. The van der Waals surface area contributed by atoms with Gasteiger partial charge in [-0.05, 0) is 48.7 Å². The van der Waals surface area contributed by atoms with E-state index in [1.165, 1.54) is 6.07 Å². The number of ether oxygens (including phenoxy) is 2. The second kappa shape index (κ2) is 10.8. The van der Waals surface area contributed by atoms with Crippen LogP contribution >= 0.6 is 23.2 Å². The zero-order valence-corrected chi connectivity index (χ0v) is 20.6. The molecule has 0 saturated carbocycles. The van der Waals surface area contributed by atoms with E-state index in [0.29, 0.717) is 17.0 Å². The van der Waals surface area contributed by atoms with Gasteiger partial charge in [-0.2, -0.15) is 0 Å². The Labute approximate surface area is 213 Å². The van der Waals surface area contributed by atoms with Crippen LogP contribution in [0.15, 0.2) is 78.9 Å². The van der Waals surface area contributed by atoms with E-state index in [-0.39, 0.29) is 28.7 Å². The maximum atomic E-state index is 14.5. The molecule has 0 aromatic heterocycles. The minimum absolute atomic E-state index is 0.0126. The van der Waals surface area contributed by atoms with E-state index < -0.39 is 24.5 Å². The molecule has 4 nitrogen and oxygen atoms in total. The number of benzene rings is 3. The highest BCUT2D eigenvalue weighted by atomic mass is 35.5. The van der Waals surface area contributed by atoms with Crippen LogP contribution in [-0.4, -0.2) is 17.7 Å². The molecule has 0 radical (unpaired) electrons. The van der Waals surface area contributed by atoms with Gasteiger partial charge in [-0.1, -0.05) is 77.8 Å². The molecular formula is C28H25Cl2FO4. The van der Waals surface area contributed by atoms with Crippen LogP contribution in [0.3, 0.4) is 0 Å². The van der Waals surface area contributed by atoms with Crippen molar-refractivity contribution in [2.45, 2.75) is 31.5 Å². The zero-order chi connectivity index (χ0) is 25.1. The van der Waals surface area contributed by atoms with Gasteiger partial charge in [-0.15, -0.1) is 0 Å². The molecule has 1 fully saturated rings. The Morgan fingerprint density at radius 3 is 2.40 bits per heavy atom. The van der Waals surface area contributed by atoms with Crippen molar-refractivity contribution >= 4 is 29.2 Å². The van der Waals surface area contributed by atoms with Crippen LogP contribution in [0.4, 0.5) is 4.39 Å². The second-order valence-electron chi connectivity index (χ2n) is 8.72. The van der Waals surface area contributed by atoms with Gasteiger partial charge in [-0.3, -0.25) is 0 Å². The van der Waals surface area contributed by atoms with Crippen LogP contribution in [0.25, 0.3) is 0 Å². The fraction of sp³-hybridized carbons (Fsp3) is 0.250. The van der Waals surface area contributed by atoms with Crippen LogP contribution in [-0.2, 0) is 9.53 Å². The van der Waals surface area contributed by atoms with Crippen molar-refractivity contribution in [3.63, 3.8) is 0 Å². The summed E-state index contributed by atoms with van der Waals surface area (Å²) in [5.41, 5.74) is 3.24. The van der Waals surface area contributed by atoms with Crippen LogP contribution in [0, 0.1) is 11.7 Å². The summed E-state index contributed by atoms with van der Waals surface area (Å²) in [4.78, 5) is 11.2. The standard InChI is InChI=1S/C28H25Cl2FO4/c1-16(2)21-14-22(17-8-10-19(29)11-9-17)26(18-6-4-3-5-7-18)35-27(21)23-12-20(31)13-24(30)28(23)34-15-25(32)33/h3-13,21-22,26-27H,1,14-15H2,2H3,(H,32,33)/t21-,22-,26+,27+/m1/s1. The Hall–Kier alpha value is -2.86. The van der Waals surface area contributed by atoms with Crippen molar-refractivity contribution in [2.75, 3.05) is 6.61 Å². The predicted molar refractivity (Wildman–Crippen MR) is 135 cm³/mol. The quantitative estimate of drug-likeness (QED) is 0.327. The smallest absolute Gasteiger partial charge is 0.341 e. The highest BCUT2D eigenvalue weighted by molar-refractivity contribution is 6.32. The Kier molecular flexibility index (Phi) is 7.80. The van der Waals surface area contributed by atoms with E-state index in [2.05, 4.69) is 6.58 Å². The first-order valence-electron chi connectivity index (χ1n) is 11.2. The summed E-state index contributed by atoms with van der Waals surface area (Å²) in [6, 6.07) is 19.9. The summed E-state index contributed by atoms with van der Waals surface area (Å²) < 4.78 is 26.8. The number of rotatable bonds is 7. The topological polar surface area (TPSA) is 55.8 Å². The van der Waals surface area contributed by atoms with E-state index in [1.54, 1.807) is 0 Å². The first-order valence-corrected chi connectivity index (χ1v) is 11.9. The third-order valence-electron chi connectivity index (χ3n) is 6.27. The lowest BCUT2D eigenvalue weighted by Gasteiger charge is -2.43. The maximum absolute atomic E-state index is 14.5. The minimum Gasteiger partial charge on any atom is -0.480 e. The molecule has 1 N–H and O–H groups in total. The third-order valence-corrected chi connectivity index (χ3v) is 6.81. The van der Waals surface area contributed by atoms with E-state index >= 15 is 0 Å². The lowest BCUT2D eigenvalue weighted by molar-refractivity contribution is -0.139. The normalized spacial score (nSPS) is 21.9. The van der Waals surface area contributed by atoms with Gasteiger partial charge in [0.2, 0.25) is 0 Å². The first-order chi connectivity index (χ1) is 16.7. The van der Waals surface area contributed by atoms with Gasteiger partial charge in [0, 0.05) is 22.4 Å². The molecule has 0 unspecified atom stereocenters. The Balaban J connectivity index is 1.82. The molecule has 7 heteroatoms. The summed E-state index contributed by atoms with van der Waals surface area (Å²) in [6.45, 7) is 5.47. The molecule has 0 spiro atoms. The summed E-state index contributed by atoms with van der Waals surface area (Å²) in [7, 11) is 0. The summed E-state index contributed by atoms with van der Waals surface area (Å²) >= 11 is 12.4. The fourth-order valence-electron chi connectivity index (χ4n) is 4.67. The molecule has 0 aliphatic carbocycles. The van der Waals surface area contributed by atoms with Crippen LogP contribution < -0.4 is 4.74 Å². The molecule has 4 atom stereocenters. The molecule has 35 heavy (non-hydrogen) atoms. The lowest BCUT2D eigenvalue weighted by atomic mass is 9.74. The number of carboxylic acid groups (broad SMARTS) is 1. The second-order valence-corrected chi connectivity index (χ2v) is 9.57. The zero-order valence-electron chi connectivity index (χ0n) is 19.1. The maximum Gasteiger partial charge on any atom is 0.341 e. The molecule has 1 saturated heterocycles. The molecule has 1 heterocycles. The van der Waals surface area contributed by atoms with Gasteiger partial charge in [-0.25, -0.2) is 9.18 Å². The molecule has 0 bridgehead atoms.